The van der Waals surface area contributed by atoms with E-state index in [4.69, 9.17) is 0 Å². The maximum Gasteiger partial charge on any atom is 0.270 e. The Morgan fingerprint density at radius 2 is 1.93 bits per heavy atom. The lowest BCUT2D eigenvalue weighted by Gasteiger charge is -2.06. The third-order valence-electron chi connectivity index (χ3n) is 4.55. The van der Waals surface area contributed by atoms with Gasteiger partial charge in [-0.05, 0) is 55.3 Å². The molecule has 0 aliphatic rings. The van der Waals surface area contributed by atoms with Crippen LogP contribution in [0.4, 0.5) is 4.39 Å². The molecule has 0 saturated carbocycles. The lowest BCUT2D eigenvalue weighted by Crippen LogP contribution is -2.25. The molecule has 3 aromatic heterocycles. The summed E-state index contributed by atoms with van der Waals surface area (Å²) in [6, 6.07) is 11.8. The third-order valence-corrected chi connectivity index (χ3v) is 4.55. The van der Waals surface area contributed by atoms with Crippen LogP contribution in [0, 0.1) is 12.7 Å². The molecule has 1 amide bonds. The molecule has 0 unspecified atom stereocenters. The van der Waals surface area contributed by atoms with Crippen LogP contribution in [0.5, 0.6) is 0 Å². The Morgan fingerprint density at radius 1 is 1.14 bits per heavy atom. The van der Waals surface area contributed by atoms with Gasteiger partial charge < -0.3 is 5.32 Å². The summed E-state index contributed by atoms with van der Waals surface area (Å²) >= 11 is 0. The van der Waals surface area contributed by atoms with E-state index in [0.29, 0.717) is 17.8 Å². The molecule has 0 atom stereocenters. The van der Waals surface area contributed by atoms with Crippen molar-refractivity contribution < 1.29 is 9.18 Å². The fourth-order valence-corrected chi connectivity index (χ4v) is 3.13. The van der Waals surface area contributed by atoms with Crippen molar-refractivity contribution in [1.29, 1.82) is 0 Å². The van der Waals surface area contributed by atoms with Crippen LogP contribution in [0.1, 0.15) is 34.4 Å². The van der Waals surface area contributed by atoms with Gasteiger partial charge in [0.2, 0.25) is 0 Å². The lowest BCUT2D eigenvalue weighted by atomic mass is 10.2. The van der Waals surface area contributed by atoms with Gasteiger partial charge in [0.25, 0.3) is 5.91 Å². The molecule has 0 bridgehead atoms. The number of fused-ring (bicyclic) bond motifs is 1. The zero-order valence-corrected chi connectivity index (χ0v) is 15.7. The number of hydrogen-bond acceptors (Lipinski definition) is 3. The van der Waals surface area contributed by atoms with Crippen LogP contribution in [0.3, 0.4) is 0 Å². The summed E-state index contributed by atoms with van der Waals surface area (Å²) in [5.74, 6) is -0.482. The zero-order chi connectivity index (χ0) is 19.7. The number of halogens is 1. The fraction of sp³-hybridized carbons (Fsp3) is 0.190. The van der Waals surface area contributed by atoms with E-state index in [1.54, 1.807) is 23.0 Å². The molecule has 0 saturated heterocycles. The van der Waals surface area contributed by atoms with Crippen LogP contribution in [0.15, 0.2) is 54.9 Å². The van der Waals surface area contributed by atoms with Crippen molar-refractivity contribution in [2.75, 3.05) is 0 Å². The summed E-state index contributed by atoms with van der Waals surface area (Å²) in [7, 11) is 0. The second-order valence-electron chi connectivity index (χ2n) is 6.61. The minimum Gasteiger partial charge on any atom is -0.345 e. The number of aromatic nitrogens is 4. The first-order valence-electron chi connectivity index (χ1n) is 9.11. The average Bonchev–Trinajstić information content (AvgIpc) is 3.31. The molecule has 0 fully saturated rings. The SMILES string of the molecule is CCc1nc2ccc(C)cn2c1C(=O)NCc1ccn(-c2ccc(F)cc2)n1. The van der Waals surface area contributed by atoms with Crippen LogP contribution < -0.4 is 5.32 Å². The molecule has 3 heterocycles. The summed E-state index contributed by atoms with van der Waals surface area (Å²) < 4.78 is 16.5. The Labute approximate surface area is 161 Å². The van der Waals surface area contributed by atoms with Crippen LogP contribution >= 0.6 is 0 Å². The van der Waals surface area contributed by atoms with E-state index in [1.165, 1.54) is 12.1 Å². The van der Waals surface area contributed by atoms with E-state index in [9.17, 15) is 9.18 Å². The summed E-state index contributed by atoms with van der Waals surface area (Å²) in [5, 5.41) is 7.37. The highest BCUT2D eigenvalue weighted by atomic mass is 19.1. The van der Waals surface area contributed by atoms with Crippen LogP contribution in [-0.2, 0) is 13.0 Å². The van der Waals surface area contributed by atoms with Gasteiger partial charge >= 0.3 is 0 Å². The number of amides is 1. The standard InChI is InChI=1S/C21H20FN5O/c1-3-18-20(26-13-14(2)4-9-19(26)24-18)21(28)23-12-16-10-11-27(25-16)17-7-5-15(22)6-8-17/h4-11,13H,3,12H2,1-2H3,(H,23,28). The van der Waals surface area contributed by atoms with E-state index >= 15 is 0 Å². The number of benzene rings is 1. The van der Waals surface area contributed by atoms with Gasteiger partial charge in [0.1, 0.15) is 17.2 Å². The Kier molecular flexibility index (Phi) is 4.65. The molecule has 1 N–H and O–H groups in total. The number of carbonyl (C=O) groups excluding carboxylic acids is 1. The highest BCUT2D eigenvalue weighted by Gasteiger charge is 2.18. The first-order chi connectivity index (χ1) is 13.5. The van der Waals surface area contributed by atoms with Gasteiger partial charge in [-0.1, -0.05) is 13.0 Å². The molecule has 28 heavy (non-hydrogen) atoms. The Morgan fingerprint density at radius 3 is 2.68 bits per heavy atom. The summed E-state index contributed by atoms with van der Waals surface area (Å²) in [6.45, 7) is 4.25. The number of rotatable bonds is 5. The minimum absolute atomic E-state index is 0.189. The van der Waals surface area contributed by atoms with Gasteiger partial charge in [0.15, 0.2) is 0 Å². The smallest absolute Gasteiger partial charge is 0.270 e. The average molecular weight is 377 g/mol. The summed E-state index contributed by atoms with van der Waals surface area (Å²) in [4.78, 5) is 17.4. The Bertz CT molecular complexity index is 1140. The number of nitrogens with zero attached hydrogens (tertiary/aromatic N) is 4. The summed E-state index contributed by atoms with van der Waals surface area (Å²) in [5.41, 5.74) is 4.59. The van der Waals surface area contributed by atoms with E-state index in [1.807, 2.05) is 42.6 Å². The fourth-order valence-electron chi connectivity index (χ4n) is 3.13. The van der Waals surface area contributed by atoms with Crippen molar-refractivity contribution in [1.82, 2.24) is 24.5 Å². The van der Waals surface area contributed by atoms with Crippen LogP contribution in [-0.4, -0.2) is 25.1 Å². The molecule has 1 aromatic carbocycles. The van der Waals surface area contributed by atoms with Gasteiger partial charge in [-0.3, -0.25) is 9.20 Å². The van der Waals surface area contributed by atoms with Gasteiger partial charge in [0.05, 0.1) is 23.6 Å². The molecule has 0 aliphatic carbocycles. The van der Waals surface area contributed by atoms with Crippen molar-refractivity contribution in [2.45, 2.75) is 26.8 Å². The molecule has 4 aromatic rings. The van der Waals surface area contributed by atoms with Crippen LogP contribution in [0.25, 0.3) is 11.3 Å². The van der Waals surface area contributed by atoms with Crippen molar-refractivity contribution >= 4 is 11.6 Å². The van der Waals surface area contributed by atoms with Crippen molar-refractivity contribution in [3.8, 4) is 5.69 Å². The molecule has 7 heteroatoms. The number of aryl methyl sites for hydroxylation is 2. The molecule has 142 valence electrons. The number of hydrogen-bond donors (Lipinski definition) is 1. The lowest BCUT2D eigenvalue weighted by molar-refractivity contribution is 0.0943. The number of carbonyl (C=O) groups is 1. The van der Waals surface area contributed by atoms with Gasteiger partial charge in [-0.25, -0.2) is 14.1 Å². The largest absolute Gasteiger partial charge is 0.345 e. The van der Waals surface area contributed by atoms with E-state index in [2.05, 4.69) is 15.4 Å². The predicted molar refractivity (Wildman–Crippen MR) is 104 cm³/mol. The quantitative estimate of drug-likeness (QED) is 0.579. The number of imidazole rings is 1. The van der Waals surface area contributed by atoms with Gasteiger partial charge in [-0.2, -0.15) is 5.10 Å². The number of nitrogens with one attached hydrogen (secondary N) is 1. The highest BCUT2D eigenvalue weighted by molar-refractivity contribution is 5.94. The topological polar surface area (TPSA) is 64.2 Å². The maximum absolute atomic E-state index is 13.1. The predicted octanol–water partition coefficient (Wildman–Crippen LogP) is 3.46. The minimum atomic E-state index is -0.293. The molecule has 0 radical (unpaired) electrons. The maximum atomic E-state index is 13.1. The highest BCUT2D eigenvalue weighted by Crippen LogP contribution is 2.15. The van der Waals surface area contributed by atoms with Crippen molar-refractivity contribution in [3.05, 3.63) is 83.3 Å². The third kappa shape index (κ3) is 3.38. The molecule has 0 spiro atoms. The van der Waals surface area contributed by atoms with Crippen molar-refractivity contribution in [3.63, 3.8) is 0 Å². The second kappa shape index (κ2) is 7.26. The van der Waals surface area contributed by atoms with Gasteiger partial charge in [0, 0.05) is 12.4 Å². The van der Waals surface area contributed by atoms with Gasteiger partial charge in [-0.15, -0.1) is 0 Å². The zero-order valence-electron chi connectivity index (χ0n) is 15.7. The van der Waals surface area contributed by atoms with E-state index < -0.39 is 0 Å². The molecule has 0 aliphatic heterocycles. The molecule has 4 rings (SSSR count). The Balaban J connectivity index is 1.53. The molecule has 6 nitrogen and oxygen atoms in total. The summed E-state index contributed by atoms with van der Waals surface area (Å²) in [6.07, 6.45) is 4.37. The monoisotopic (exact) mass is 377 g/mol. The molecular formula is C21H20FN5O. The van der Waals surface area contributed by atoms with Crippen LogP contribution in [0.2, 0.25) is 0 Å². The normalized spacial score (nSPS) is 11.1. The second-order valence-corrected chi connectivity index (χ2v) is 6.61. The number of pyridine rings is 1. The van der Waals surface area contributed by atoms with E-state index in [-0.39, 0.29) is 18.3 Å². The first-order valence-corrected chi connectivity index (χ1v) is 9.11. The van der Waals surface area contributed by atoms with E-state index in [0.717, 1.165) is 22.6 Å². The Hall–Kier alpha value is -3.48. The molecular weight excluding hydrogens is 357 g/mol. The van der Waals surface area contributed by atoms with Crippen molar-refractivity contribution in [2.24, 2.45) is 0 Å². The first kappa shape index (κ1) is 17.9.